The molecule has 0 aliphatic carbocycles. The second kappa shape index (κ2) is 13.5. The Balaban J connectivity index is 1.71. The maximum Gasteiger partial charge on any atom is 0.343 e. The van der Waals surface area contributed by atoms with Crippen molar-refractivity contribution in [2.75, 3.05) is 6.61 Å². The van der Waals surface area contributed by atoms with Crippen molar-refractivity contribution in [3.05, 3.63) is 65.5 Å². The predicted molar refractivity (Wildman–Crippen MR) is 115 cm³/mol. The van der Waals surface area contributed by atoms with E-state index in [1.54, 1.807) is 18.2 Å². The number of hydrogen-bond acceptors (Lipinski definition) is 4. The van der Waals surface area contributed by atoms with Crippen LogP contribution >= 0.6 is 0 Å². The molecule has 0 saturated heterocycles. The number of esters is 2. The molecule has 0 heterocycles. The van der Waals surface area contributed by atoms with Gasteiger partial charge in [-0.2, -0.15) is 0 Å². The van der Waals surface area contributed by atoms with E-state index in [4.69, 9.17) is 9.47 Å². The fraction of sp³-hybridized carbons (Fsp3) is 0.440. The topological polar surface area (TPSA) is 52.6 Å². The first-order valence-electron chi connectivity index (χ1n) is 10.9. The third kappa shape index (κ3) is 8.36. The van der Waals surface area contributed by atoms with Gasteiger partial charge in [-0.1, -0.05) is 76.5 Å². The van der Waals surface area contributed by atoms with Gasteiger partial charge < -0.3 is 9.47 Å². The van der Waals surface area contributed by atoms with E-state index >= 15 is 0 Å². The molecule has 162 valence electrons. The Labute approximate surface area is 178 Å². The molecule has 2 aromatic carbocycles. The van der Waals surface area contributed by atoms with Crippen LogP contribution in [0.15, 0.2) is 48.5 Å². The highest BCUT2D eigenvalue weighted by Gasteiger charge is 2.14. The van der Waals surface area contributed by atoms with Crippen LogP contribution < -0.4 is 4.74 Å². The van der Waals surface area contributed by atoms with Gasteiger partial charge in [-0.15, -0.1) is 0 Å². The third-order valence-corrected chi connectivity index (χ3v) is 4.85. The molecule has 0 N–H and O–H groups in total. The van der Waals surface area contributed by atoms with E-state index in [-0.39, 0.29) is 16.9 Å². The maximum absolute atomic E-state index is 13.6. The number of carbonyl (C=O) groups is 2. The van der Waals surface area contributed by atoms with Crippen LogP contribution in [0.4, 0.5) is 4.39 Å². The van der Waals surface area contributed by atoms with Crippen LogP contribution in [-0.2, 0) is 4.74 Å². The molecule has 0 amide bonds. The molecular weight excluding hydrogens is 383 g/mol. The van der Waals surface area contributed by atoms with Gasteiger partial charge in [-0.3, -0.25) is 0 Å². The van der Waals surface area contributed by atoms with Gasteiger partial charge in [-0.05, 0) is 36.8 Å². The van der Waals surface area contributed by atoms with Gasteiger partial charge in [0.1, 0.15) is 0 Å². The van der Waals surface area contributed by atoms with Crippen molar-refractivity contribution in [1.82, 2.24) is 0 Å². The summed E-state index contributed by atoms with van der Waals surface area (Å²) in [6.07, 6.45) is 10.7. The van der Waals surface area contributed by atoms with E-state index < -0.39 is 17.8 Å². The fourth-order valence-corrected chi connectivity index (χ4v) is 3.12. The maximum atomic E-state index is 13.6. The Morgan fingerprint density at radius 1 is 0.767 bits per heavy atom. The SMILES string of the molecule is CCCCCCCCCCCOC(=O)c1cccc(C(=O)Oc2ccccc2F)c1. The number of carbonyl (C=O) groups excluding carboxylic acids is 2. The Morgan fingerprint density at radius 2 is 1.37 bits per heavy atom. The normalized spacial score (nSPS) is 10.6. The molecule has 0 fully saturated rings. The standard InChI is InChI=1S/C25H31FO4/c1-2-3-4-5-6-7-8-9-12-18-29-24(27)20-14-13-15-21(19-20)25(28)30-23-17-11-10-16-22(23)26/h10-11,13-17,19H,2-9,12,18H2,1H3. The number of halogens is 1. The number of unbranched alkanes of at least 4 members (excludes halogenated alkanes) is 8. The van der Waals surface area contributed by atoms with Gasteiger partial charge in [0.05, 0.1) is 17.7 Å². The first-order chi connectivity index (χ1) is 14.6. The lowest BCUT2D eigenvalue weighted by atomic mass is 10.1. The molecule has 5 heteroatoms. The molecule has 0 bridgehead atoms. The molecule has 2 aromatic rings. The third-order valence-electron chi connectivity index (χ3n) is 4.85. The Hall–Kier alpha value is -2.69. The molecule has 2 rings (SSSR count). The number of hydrogen-bond donors (Lipinski definition) is 0. The van der Waals surface area contributed by atoms with E-state index in [0.29, 0.717) is 6.61 Å². The minimum atomic E-state index is -0.728. The predicted octanol–water partition coefficient (Wildman–Crippen LogP) is 6.73. The minimum absolute atomic E-state index is 0.152. The van der Waals surface area contributed by atoms with E-state index in [1.165, 1.54) is 68.9 Å². The van der Waals surface area contributed by atoms with Gasteiger partial charge in [0.15, 0.2) is 11.6 Å². The van der Waals surface area contributed by atoms with Gasteiger partial charge in [0.2, 0.25) is 0 Å². The number of para-hydroxylation sites is 1. The summed E-state index contributed by atoms with van der Waals surface area (Å²) in [6, 6.07) is 11.7. The van der Waals surface area contributed by atoms with Crippen LogP contribution in [0, 0.1) is 5.82 Å². The van der Waals surface area contributed by atoms with Crippen LogP contribution in [-0.4, -0.2) is 18.5 Å². The van der Waals surface area contributed by atoms with Crippen molar-refractivity contribution in [2.45, 2.75) is 64.7 Å². The minimum Gasteiger partial charge on any atom is -0.462 e. The van der Waals surface area contributed by atoms with Crippen molar-refractivity contribution in [3.8, 4) is 5.75 Å². The smallest absolute Gasteiger partial charge is 0.343 e. The summed E-state index contributed by atoms with van der Waals surface area (Å²) in [5.74, 6) is -1.98. The molecule has 0 spiro atoms. The van der Waals surface area contributed by atoms with Crippen molar-refractivity contribution < 1.29 is 23.5 Å². The first-order valence-corrected chi connectivity index (χ1v) is 10.9. The molecule has 4 nitrogen and oxygen atoms in total. The molecular formula is C25H31FO4. The summed E-state index contributed by atoms with van der Waals surface area (Å²) in [6.45, 7) is 2.58. The lowest BCUT2D eigenvalue weighted by molar-refractivity contribution is 0.0497. The molecule has 0 atom stereocenters. The van der Waals surface area contributed by atoms with Gasteiger partial charge in [-0.25, -0.2) is 14.0 Å². The summed E-state index contributed by atoms with van der Waals surface area (Å²) in [4.78, 5) is 24.5. The van der Waals surface area contributed by atoms with E-state index in [0.717, 1.165) is 19.3 Å². The molecule has 0 unspecified atom stereocenters. The van der Waals surface area contributed by atoms with Crippen molar-refractivity contribution in [2.24, 2.45) is 0 Å². The van der Waals surface area contributed by atoms with Crippen LogP contribution in [0.1, 0.15) is 85.4 Å². The zero-order valence-corrected chi connectivity index (χ0v) is 17.7. The molecule has 0 aliphatic rings. The zero-order chi connectivity index (χ0) is 21.6. The average molecular weight is 415 g/mol. The lowest BCUT2D eigenvalue weighted by Crippen LogP contribution is -2.12. The molecule has 0 saturated carbocycles. The second-order valence-corrected chi connectivity index (χ2v) is 7.37. The fourth-order valence-electron chi connectivity index (χ4n) is 3.12. The summed E-state index contributed by atoms with van der Waals surface area (Å²) in [7, 11) is 0. The quantitative estimate of drug-likeness (QED) is 0.207. The van der Waals surface area contributed by atoms with E-state index in [9.17, 15) is 14.0 Å². The van der Waals surface area contributed by atoms with Crippen LogP contribution in [0.5, 0.6) is 5.75 Å². The van der Waals surface area contributed by atoms with Gasteiger partial charge >= 0.3 is 11.9 Å². The largest absolute Gasteiger partial charge is 0.462 e. The second-order valence-electron chi connectivity index (χ2n) is 7.37. The summed E-state index contributed by atoms with van der Waals surface area (Å²) in [5.41, 5.74) is 0.435. The summed E-state index contributed by atoms with van der Waals surface area (Å²) >= 11 is 0. The Bertz CT molecular complexity index is 803. The molecule has 30 heavy (non-hydrogen) atoms. The molecule has 0 radical (unpaired) electrons. The van der Waals surface area contributed by atoms with Gasteiger partial charge in [0, 0.05) is 0 Å². The Morgan fingerprint density at radius 3 is 2.03 bits per heavy atom. The van der Waals surface area contributed by atoms with Crippen molar-refractivity contribution in [3.63, 3.8) is 0 Å². The highest BCUT2D eigenvalue weighted by Crippen LogP contribution is 2.18. The monoisotopic (exact) mass is 414 g/mol. The molecule has 0 aliphatic heterocycles. The molecule has 0 aromatic heterocycles. The number of benzene rings is 2. The highest BCUT2D eigenvalue weighted by molar-refractivity contribution is 5.96. The van der Waals surface area contributed by atoms with Gasteiger partial charge in [0.25, 0.3) is 0 Å². The van der Waals surface area contributed by atoms with Crippen LogP contribution in [0.3, 0.4) is 0 Å². The highest BCUT2D eigenvalue weighted by atomic mass is 19.1. The average Bonchev–Trinajstić information content (AvgIpc) is 2.76. The summed E-state index contributed by atoms with van der Waals surface area (Å²) in [5, 5.41) is 0. The van der Waals surface area contributed by atoms with Crippen LogP contribution in [0.2, 0.25) is 0 Å². The number of ether oxygens (including phenoxy) is 2. The Kier molecular flexibility index (Phi) is 10.6. The summed E-state index contributed by atoms with van der Waals surface area (Å²) < 4.78 is 24.0. The van der Waals surface area contributed by atoms with Crippen molar-refractivity contribution in [1.29, 1.82) is 0 Å². The van der Waals surface area contributed by atoms with Crippen molar-refractivity contribution >= 4 is 11.9 Å². The lowest BCUT2D eigenvalue weighted by Gasteiger charge is -2.08. The first kappa shape index (κ1) is 23.6. The van der Waals surface area contributed by atoms with E-state index in [1.807, 2.05) is 0 Å². The van der Waals surface area contributed by atoms with E-state index in [2.05, 4.69) is 6.92 Å². The zero-order valence-electron chi connectivity index (χ0n) is 17.7. The van der Waals surface area contributed by atoms with Crippen LogP contribution in [0.25, 0.3) is 0 Å². The number of rotatable bonds is 13.